The molecule has 182 valence electrons. The number of fused-ring (bicyclic) bond motifs is 1. The van der Waals surface area contributed by atoms with Gasteiger partial charge in [-0.05, 0) is 98.3 Å². The van der Waals surface area contributed by atoms with Crippen molar-refractivity contribution in [1.82, 2.24) is 30.1 Å². The minimum absolute atomic E-state index is 0.0461. The fraction of sp³-hybridized carbons (Fsp3) is 0.630. The van der Waals surface area contributed by atoms with Gasteiger partial charge in [-0.25, -0.2) is 4.68 Å². The highest BCUT2D eigenvalue weighted by atomic mass is 16.1. The van der Waals surface area contributed by atoms with Crippen molar-refractivity contribution in [2.45, 2.75) is 90.6 Å². The first-order valence-corrected chi connectivity index (χ1v) is 13.0. The largest absolute Gasteiger partial charge is 0.322 e. The Hall–Kier alpha value is -2.54. The zero-order valence-electron chi connectivity index (χ0n) is 21.1. The molecule has 1 N–H and O–H groups in total. The minimum Gasteiger partial charge on any atom is -0.322 e. The molecule has 1 unspecified atom stereocenters. The average Bonchev–Trinajstić information content (AvgIpc) is 3.31. The molecule has 3 heterocycles. The normalized spacial score (nSPS) is 20.1. The Morgan fingerprint density at radius 2 is 1.88 bits per heavy atom. The van der Waals surface area contributed by atoms with Crippen LogP contribution in [0.4, 0.5) is 0 Å². The fourth-order valence-corrected chi connectivity index (χ4v) is 6.16. The lowest BCUT2D eigenvalue weighted by atomic mass is 9.69. The molecule has 2 aromatic heterocycles. The van der Waals surface area contributed by atoms with E-state index in [1.807, 2.05) is 17.7 Å². The number of aromatic nitrogens is 5. The minimum atomic E-state index is -0.269. The summed E-state index contributed by atoms with van der Waals surface area (Å²) in [4.78, 5) is 19.2. The number of pyridine rings is 1. The lowest BCUT2D eigenvalue weighted by Gasteiger charge is -2.47. The zero-order valence-corrected chi connectivity index (χ0v) is 21.1. The molecule has 34 heavy (non-hydrogen) atoms. The van der Waals surface area contributed by atoms with Gasteiger partial charge in [0.15, 0.2) is 5.82 Å². The molecule has 1 aromatic carbocycles. The Balaban J connectivity index is 1.65. The van der Waals surface area contributed by atoms with Gasteiger partial charge in [0.05, 0.1) is 5.54 Å². The van der Waals surface area contributed by atoms with Gasteiger partial charge in [-0.3, -0.25) is 9.69 Å². The van der Waals surface area contributed by atoms with E-state index in [1.165, 1.54) is 38.5 Å². The number of H-pyrrole nitrogens is 1. The second-order valence-corrected chi connectivity index (χ2v) is 11.3. The molecule has 7 heteroatoms. The number of piperidine rings is 1. The SMILES string of the molecule is CCC(C)(C)n1nnnc1C(c1cc2ccc(C)cc2[nH]c1=O)N1CCCC2(CCCCC2)C1. The van der Waals surface area contributed by atoms with E-state index in [0.29, 0.717) is 5.41 Å². The van der Waals surface area contributed by atoms with Crippen LogP contribution in [0, 0.1) is 12.3 Å². The van der Waals surface area contributed by atoms with Gasteiger partial charge in [0.25, 0.3) is 5.56 Å². The van der Waals surface area contributed by atoms with Crippen molar-refractivity contribution in [1.29, 1.82) is 0 Å². The number of likely N-dealkylation sites (tertiary alicyclic amines) is 1. The van der Waals surface area contributed by atoms with E-state index in [2.05, 4.69) is 64.4 Å². The molecule has 0 amide bonds. The lowest BCUT2D eigenvalue weighted by Crippen LogP contribution is -2.48. The lowest BCUT2D eigenvalue weighted by molar-refractivity contribution is 0.0326. The molecule has 1 saturated heterocycles. The van der Waals surface area contributed by atoms with Crippen molar-refractivity contribution in [2.75, 3.05) is 13.1 Å². The summed E-state index contributed by atoms with van der Waals surface area (Å²) in [5, 5.41) is 14.1. The van der Waals surface area contributed by atoms with Crippen LogP contribution in [-0.2, 0) is 5.54 Å². The number of rotatable bonds is 5. The summed E-state index contributed by atoms with van der Waals surface area (Å²) in [6, 6.07) is 8.03. The summed E-state index contributed by atoms with van der Waals surface area (Å²) in [5.74, 6) is 0.775. The van der Waals surface area contributed by atoms with Crippen LogP contribution in [-0.4, -0.2) is 43.2 Å². The molecular formula is C27H38N6O. The summed E-state index contributed by atoms with van der Waals surface area (Å²) >= 11 is 0. The molecule has 7 nitrogen and oxygen atoms in total. The van der Waals surface area contributed by atoms with E-state index in [4.69, 9.17) is 0 Å². The number of aryl methyl sites for hydroxylation is 1. The quantitative estimate of drug-likeness (QED) is 0.570. The van der Waals surface area contributed by atoms with Gasteiger partial charge < -0.3 is 4.98 Å². The molecule has 1 saturated carbocycles. The maximum Gasteiger partial charge on any atom is 0.253 e. The molecule has 2 aliphatic rings. The van der Waals surface area contributed by atoms with Crippen LogP contribution in [0.3, 0.4) is 0 Å². The first kappa shape index (κ1) is 23.2. The maximum atomic E-state index is 13.6. The predicted molar refractivity (Wildman–Crippen MR) is 135 cm³/mol. The van der Waals surface area contributed by atoms with Crippen LogP contribution in [0.1, 0.15) is 95.1 Å². The van der Waals surface area contributed by atoms with Crippen molar-refractivity contribution in [2.24, 2.45) is 5.41 Å². The van der Waals surface area contributed by atoms with Crippen molar-refractivity contribution in [3.05, 3.63) is 51.6 Å². The summed E-state index contributed by atoms with van der Waals surface area (Å²) in [6.07, 6.45) is 9.88. The molecular weight excluding hydrogens is 424 g/mol. The highest BCUT2D eigenvalue weighted by Crippen LogP contribution is 2.45. The number of benzene rings is 1. The van der Waals surface area contributed by atoms with Gasteiger partial charge in [0, 0.05) is 17.6 Å². The number of nitrogens with one attached hydrogen (secondary N) is 1. The Labute approximate surface area is 201 Å². The molecule has 5 rings (SSSR count). The number of hydrogen-bond acceptors (Lipinski definition) is 5. The summed E-state index contributed by atoms with van der Waals surface area (Å²) in [6.45, 7) is 10.5. The van der Waals surface area contributed by atoms with E-state index in [0.717, 1.165) is 53.8 Å². The van der Waals surface area contributed by atoms with E-state index in [-0.39, 0.29) is 17.1 Å². The van der Waals surface area contributed by atoms with E-state index in [1.54, 1.807) is 0 Å². The Morgan fingerprint density at radius 1 is 1.12 bits per heavy atom. The molecule has 2 fully saturated rings. The van der Waals surface area contributed by atoms with Gasteiger partial charge in [-0.1, -0.05) is 38.3 Å². The molecule has 0 bridgehead atoms. The van der Waals surface area contributed by atoms with Crippen molar-refractivity contribution in [3.8, 4) is 0 Å². The third-order valence-corrected chi connectivity index (χ3v) is 8.47. The van der Waals surface area contributed by atoms with E-state index < -0.39 is 0 Å². The second kappa shape index (κ2) is 8.91. The third kappa shape index (κ3) is 4.19. The summed E-state index contributed by atoms with van der Waals surface area (Å²) in [7, 11) is 0. The maximum absolute atomic E-state index is 13.6. The number of nitrogens with zero attached hydrogens (tertiary/aromatic N) is 5. The van der Waals surface area contributed by atoms with E-state index in [9.17, 15) is 4.79 Å². The highest BCUT2D eigenvalue weighted by Gasteiger charge is 2.42. The topological polar surface area (TPSA) is 79.7 Å². The first-order valence-electron chi connectivity index (χ1n) is 13.0. The van der Waals surface area contributed by atoms with Crippen molar-refractivity contribution < 1.29 is 0 Å². The molecule has 1 spiro atoms. The highest BCUT2D eigenvalue weighted by molar-refractivity contribution is 5.79. The smallest absolute Gasteiger partial charge is 0.253 e. The summed E-state index contributed by atoms with van der Waals surface area (Å²) < 4.78 is 1.96. The van der Waals surface area contributed by atoms with Gasteiger partial charge in [0.1, 0.15) is 6.04 Å². The molecule has 3 aromatic rings. The molecule has 1 atom stereocenters. The van der Waals surface area contributed by atoms with Gasteiger partial charge in [-0.2, -0.15) is 0 Å². The van der Waals surface area contributed by atoms with Gasteiger partial charge in [-0.15, -0.1) is 5.10 Å². The third-order valence-electron chi connectivity index (χ3n) is 8.47. The Morgan fingerprint density at radius 3 is 2.65 bits per heavy atom. The zero-order chi connectivity index (χ0) is 23.9. The molecule has 0 radical (unpaired) electrons. The second-order valence-electron chi connectivity index (χ2n) is 11.3. The van der Waals surface area contributed by atoms with Gasteiger partial charge in [0.2, 0.25) is 0 Å². The molecule has 1 aliphatic heterocycles. The molecule has 1 aliphatic carbocycles. The van der Waals surface area contributed by atoms with Crippen LogP contribution < -0.4 is 5.56 Å². The fourth-order valence-electron chi connectivity index (χ4n) is 6.16. The Kier molecular flexibility index (Phi) is 6.09. The van der Waals surface area contributed by atoms with Crippen LogP contribution in [0.2, 0.25) is 0 Å². The first-order chi connectivity index (χ1) is 16.3. The van der Waals surface area contributed by atoms with Crippen LogP contribution >= 0.6 is 0 Å². The summed E-state index contributed by atoms with van der Waals surface area (Å²) in [5.41, 5.74) is 2.83. The number of tetrazole rings is 1. The predicted octanol–water partition coefficient (Wildman–Crippen LogP) is 5.10. The van der Waals surface area contributed by atoms with E-state index >= 15 is 0 Å². The van der Waals surface area contributed by atoms with Crippen molar-refractivity contribution >= 4 is 10.9 Å². The number of hydrogen-bond donors (Lipinski definition) is 1. The average molecular weight is 463 g/mol. The van der Waals surface area contributed by atoms with Crippen LogP contribution in [0.25, 0.3) is 10.9 Å². The van der Waals surface area contributed by atoms with Gasteiger partial charge >= 0.3 is 0 Å². The van der Waals surface area contributed by atoms with Crippen molar-refractivity contribution in [3.63, 3.8) is 0 Å². The van der Waals surface area contributed by atoms with Crippen LogP contribution in [0.15, 0.2) is 29.1 Å². The monoisotopic (exact) mass is 462 g/mol. The standard InChI is InChI=1S/C27H38N6O/c1-5-26(3,4)33-24(29-30-31-33)23(32-15-9-14-27(18-32)12-7-6-8-13-27)21-17-20-11-10-19(2)16-22(20)28-25(21)34/h10-11,16-17,23H,5-9,12-15,18H2,1-4H3,(H,28,34). The number of aromatic amines is 1. The Bertz CT molecular complexity index is 1210. The van der Waals surface area contributed by atoms with Crippen LogP contribution in [0.5, 0.6) is 0 Å².